The Morgan fingerprint density at radius 2 is 1.71 bits per heavy atom. The Labute approximate surface area is 202 Å². The molecule has 1 fully saturated rings. The van der Waals surface area contributed by atoms with Crippen molar-refractivity contribution in [3.05, 3.63) is 66.1 Å². The van der Waals surface area contributed by atoms with Gasteiger partial charge in [0.1, 0.15) is 11.6 Å². The Kier molecular flexibility index (Phi) is 5.24. The van der Waals surface area contributed by atoms with Crippen molar-refractivity contribution in [2.45, 2.75) is 19.8 Å². The summed E-state index contributed by atoms with van der Waals surface area (Å²) in [6.07, 6.45) is 1.84. The second-order valence-corrected chi connectivity index (χ2v) is 9.04. The maximum atomic E-state index is 13.1. The zero-order chi connectivity index (χ0) is 23.9. The van der Waals surface area contributed by atoms with E-state index in [0.717, 1.165) is 28.4 Å². The fourth-order valence-corrected chi connectivity index (χ4v) is 4.50. The number of fused-ring (bicyclic) bond motifs is 2. The summed E-state index contributed by atoms with van der Waals surface area (Å²) in [4.78, 5) is 27.0. The summed E-state index contributed by atoms with van der Waals surface area (Å²) in [5.74, 6) is 3.12. The number of hydrogen-bond donors (Lipinski definition) is 0. The van der Waals surface area contributed by atoms with Gasteiger partial charge in [-0.2, -0.15) is 5.10 Å². The Hall–Kier alpha value is -4.14. The number of nitrogens with zero attached hydrogens (tertiary/aromatic N) is 6. The lowest BCUT2D eigenvalue weighted by molar-refractivity contribution is 0.0746. The molecule has 9 nitrogen and oxygen atoms in total. The lowest BCUT2D eigenvalue weighted by Crippen LogP contribution is -2.49. The van der Waals surface area contributed by atoms with Gasteiger partial charge in [-0.05, 0) is 30.3 Å². The first-order valence-electron chi connectivity index (χ1n) is 11.8. The normalized spacial score (nSPS) is 15.3. The lowest BCUT2D eigenvalue weighted by atomic mass is 10.1. The summed E-state index contributed by atoms with van der Waals surface area (Å²) in [5.41, 5.74) is 2.36. The number of rotatable bonds is 4. The van der Waals surface area contributed by atoms with Crippen LogP contribution in [0.1, 0.15) is 35.9 Å². The van der Waals surface area contributed by atoms with Crippen molar-refractivity contribution in [1.29, 1.82) is 0 Å². The monoisotopic (exact) mass is 470 g/mol. The van der Waals surface area contributed by atoms with E-state index in [9.17, 15) is 4.79 Å². The first-order chi connectivity index (χ1) is 17.1. The van der Waals surface area contributed by atoms with Crippen molar-refractivity contribution >= 4 is 22.8 Å². The summed E-state index contributed by atoms with van der Waals surface area (Å²) in [5, 5.41) is 5.54. The highest BCUT2D eigenvalue weighted by molar-refractivity contribution is 5.95. The molecule has 0 aliphatic carbocycles. The van der Waals surface area contributed by atoms with Gasteiger partial charge in [-0.3, -0.25) is 4.79 Å². The molecule has 4 aromatic rings. The van der Waals surface area contributed by atoms with Gasteiger partial charge in [-0.1, -0.05) is 32.0 Å². The Balaban J connectivity index is 1.27. The molecule has 6 rings (SSSR count). The third-order valence-corrected chi connectivity index (χ3v) is 6.43. The molecule has 35 heavy (non-hydrogen) atoms. The van der Waals surface area contributed by atoms with Gasteiger partial charge in [0, 0.05) is 37.7 Å². The van der Waals surface area contributed by atoms with Crippen LogP contribution in [-0.2, 0) is 0 Å². The van der Waals surface area contributed by atoms with Crippen molar-refractivity contribution in [2.75, 3.05) is 37.9 Å². The van der Waals surface area contributed by atoms with Crippen LogP contribution in [0, 0.1) is 0 Å². The second kappa shape index (κ2) is 8.57. The predicted octanol–water partition coefficient (Wildman–Crippen LogP) is 3.63. The number of carbonyl (C=O) groups is 1. The van der Waals surface area contributed by atoms with Crippen LogP contribution < -0.4 is 14.4 Å². The molecule has 0 spiro atoms. The number of hydrogen-bond acceptors (Lipinski definition) is 7. The maximum absolute atomic E-state index is 13.1. The molecule has 0 radical (unpaired) electrons. The number of piperazine rings is 1. The van der Waals surface area contributed by atoms with E-state index in [1.807, 2.05) is 46.1 Å². The van der Waals surface area contributed by atoms with Crippen LogP contribution in [0.15, 0.2) is 54.7 Å². The fraction of sp³-hybridized carbons (Fsp3) is 0.308. The van der Waals surface area contributed by atoms with Gasteiger partial charge in [0.25, 0.3) is 5.91 Å². The van der Waals surface area contributed by atoms with E-state index in [-0.39, 0.29) is 18.6 Å². The van der Waals surface area contributed by atoms with Crippen molar-refractivity contribution in [3.8, 4) is 17.2 Å². The first kappa shape index (κ1) is 21.4. The van der Waals surface area contributed by atoms with Crippen LogP contribution in [0.4, 0.5) is 5.82 Å². The smallest absolute Gasteiger partial charge is 0.254 e. The Morgan fingerprint density at radius 3 is 2.49 bits per heavy atom. The van der Waals surface area contributed by atoms with E-state index in [0.29, 0.717) is 43.2 Å². The molecule has 4 heterocycles. The number of aromatic nitrogens is 4. The van der Waals surface area contributed by atoms with E-state index < -0.39 is 0 Å². The molecule has 2 aromatic carbocycles. The van der Waals surface area contributed by atoms with Crippen LogP contribution in [0.25, 0.3) is 16.7 Å². The number of anilines is 1. The van der Waals surface area contributed by atoms with Crippen LogP contribution in [0.2, 0.25) is 0 Å². The Bertz CT molecular complexity index is 1390. The molecule has 0 atom stereocenters. The average molecular weight is 471 g/mol. The van der Waals surface area contributed by atoms with E-state index in [2.05, 4.69) is 23.8 Å². The number of carbonyl (C=O) groups excluding carboxylic acids is 1. The highest BCUT2D eigenvalue weighted by Gasteiger charge is 2.27. The lowest BCUT2D eigenvalue weighted by Gasteiger charge is -2.35. The van der Waals surface area contributed by atoms with Gasteiger partial charge in [0.2, 0.25) is 6.79 Å². The summed E-state index contributed by atoms with van der Waals surface area (Å²) in [6.45, 7) is 6.93. The van der Waals surface area contributed by atoms with Gasteiger partial charge < -0.3 is 19.3 Å². The minimum absolute atomic E-state index is 0.00412. The third-order valence-electron chi connectivity index (χ3n) is 6.43. The largest absolute Gasteiger partial charge is 0.454 e. The molecule has 1 amide bonds. The van der Waals surface area contributed by atoms with Crippen LogP contribution in [0.3, 0.4) is 0 Å². The van der Waals surface area contributed by atoms with Crippen LogP contribution in [-0.4, -0.2) is 63.5 Å². The standard InChI is InChI=1S/C26H26N6O3/c1-17(2)23-28-24(20-15-27-32(25(20)29-23)19-6-4-3-5-7-19)30-10-12-31(13-11-30)26(33)18-8-9-21-22(14-18)35-16-34-21/h3-9,14-15,17H,10-13,16H2,1-2H3. The van der Waals surface area contributed by atoms with E-state index in [1.165, 1.54) is 0 Å². The molecule has 0 saturated carbocycles. The molecule has 2 aromatic heterocycles. The molecule has 178 valence electrons. The van der Waals surface area contributed by atoms with E-state index in [4.69, 9.17) is 19.4 Å². The summed E-state index contributed by atoms with van der Waals surface area (Å²) in [7, 11) is 0. The molecule has 2 aliphatic rings. The summed E-state index contributed by atoms with van der Waals surface area (Å²) in [6, 6.07) is 15.4. The van der Waals surface area contributed by atoms with Crippen molar-refractivity contribution < 1.29 is 14.3 Å². The summed E-state index contributed by atoms with van der Waals surface area (Å²) >= 11 is 0. The third kappa shape index (κ3) is 3.82. The zero-order valence-corrected chi connectivity index (χ0v) is 19.7. The van der Waals surface area contributed by atoms with Crippen molar-refractivity contribution in [2.24, 2.45) is 0 Å². The number of para-hydroxylation sites is 1. The molecule has 0 N–H and O–H groups in total. The molecule has 2 aliphatic heterocycles. The van der Waals surface area contributed by atoms with Gasteiger partial charge in [-0.15, -0.1) is 0 Å². The molecule has 0 unspecified atom stereocenters. The van der Waals surface area contributed by atoms with E-state index in [1.54, 1.807) is 18.2 Å². The van der Waals surface area contributed by atoms with Gasteiger partial charge in [0.05, 0.1) is 17.3 Å². The molecule has 1 saturated heterocycles. The first-order valence-corrected chi connectivity index (χ1v) is 11.8. The molecule has 0 bridgehead atoms. The van der Waals surface area contributed by atoms with Crippen LogP contribution >= 0.6 is 0 Å². The van der Waals surface area contributed by atoms with Crippen molar-refractivity contribution in [1.82, 2.24) is 24.6 Å². The average Bonchev–Trinajstić information content (AvgIpc) is 3.55. The number of ether oxygens (including phenoxy) is 2. The predicted molar refractivity (Wildman–Crippen MR) is 131 cm³/mol. The number of benzene rings is 2. The fourth-order valence-electron chi connectivity index (χ4n) is 4.50. The van der Waals surface area contributed by atoms with E-state index >= 15 is 0 Å². The quantitative estimate of drug-likeness (QED) is 0.450. The van der Waals surface area contributed by atoms with Gasteiger partial charge in [-0.25, -0.2) is 14.6 Å². The minimum Gasteiger partial charge on any atom is -0.454 e. The topological polar surface area (TPSA) is 85.6 Å². The molecule has 9 heteroatoms. The number of amides is 1. The van der Waals surface area contributed by atoms with Crippen LogP contribution in [0.5, 0.6) is 11.5 Å². The molecular formula is C26H26N6O3. The van der Waals surface area contributed by atoms with Gasteiger partial charge in [0.15, 0.2) is 17.1 Å². The maximum Gasteiger partial charge on any atom is 0.254 e. The Morgan fingerprint density at radius 1 is 0.943 bits per heavy atom. The molecular weight excluding hydrogens is 444 g/mol. The van der Waals surface area contributed by atoms with Gasteiger partial charge >= 0.3 is 0 Å². The highest BCUT2D eigenvalue weighted by atomic mass is 16.7. The van der Waals surface area contributed by atoms with Crippen molar-refractivity contribution in [3.63, 3.8) is 0 Å². The SMILES string of the molecule is CC(C)c1nc(N2CCN(C(=O)c3ccc4c(c3)OCO4)CC2)c2cnn(-c3ccccc3)c2n1. The summed E-state index contributed by atoms with van der Waals surface area (Å²) < 4.78 is 12.7. The second-order valence-electron chi connectivity index (χ2n) is 9.04. The highest BCUT2D eigenvalue weighted by Crippen LogP contribution is 2.33. The minimum atomic E-state index is -0.00412. The zero-order valence-electron chi connectivity index (χ0n) is 19.7.